The Morgan fingerprint density at radius 1 is 0.535 bits per heavy atom. The lowest BCUT2D eigenvalue weighted by Crippen LogP contribution is -2.18. The zero-order valence-electron chi connectivity index (χ0n) is 27.7. The summed E-state index contributed by atoms with van der Waals surface area (Å²) in [6.45, 7) is 4.37. The molecular formula is C39H64O4. The predicted octanol–water partition coefficient (Wildman–Crippen LogP) is 11.9. The highest BCUT2D eigenvalue weighted by atomic mass is 16.5. The summed E-state index contributed by atoms with van der Waals surface area (Å²) in [6.07, 6.45) is 47.9. The quantitative estimate of drug-likeness (QED) is 0.0509. The predicted molar refractivity (Wildman–Crippen MR) is 185 cm³/mol. The highest BCUT2D eigenvalue weighted by Gasteiger charge is 2.13. The van der Waals surface area contributed by atoms with Crippen LogP contribution in [-0.2, 0) is 14.3 Å². The molecule has 4 nitrogen and oxygen atoms in total. The Bertz CT molecular complexity index is 815. The number of hydrogen-bond acceptors (Lipinski definition) is 3. The molecule has 0 saturated carbocycles. The van der Waals surface area contributed by atoms with Crippen molar-refractivity contribution in [3.05, 3.63) is 72.9 Å². The molecule has 1 N–H and O–H groups in total. The number of carbonyl (C=O) groups is 2. The van der Waals surface area contributed by atoms with Gasteiger partial charge in [-0.3, -0.25) is 9.59 Å². The summed E-state index contributed by atoms with van der Waals surface area (Å²) in [5.74, 6) is -0.768. The van der Waals surface area contributed by atoms with E-state index in [4.69, 9.17) is 9.84 Å². The molecule has 244 valence electrons. The Morgan fingerprint density at radius 2 is 0.953 bits per heavy atom. The zero-order chi connectivity index (χ0) is 31.5. The first-order valence-electron chi connectivity index (χ1n) is 17.4. The summed E-state index contributed by atoms with van der Waals surface area (Å²) in [5, 5.41) is 8.71. The Kier molecular flexibility index (Phi) is 31.8. The number of carboxylic acid groups (broad SMARTS) is 1. The number of unbranched alkanes of at least 4 members (excludes halogenated alkanes) is 9. The van der Waals surface area contributed by atoms with Crippen LogP contribution in [0, 0.1) is 0 Å². The Balaban J connectivity index is 4.02. The van der Waals surface area contributed by atoms with Crippen molar-refractivity contribution in [1.29, 1.82) is 0 Å². The van der Waals surface area contributed by atoms with Crippen molar-refractivity contribution in [1.82, 2.24) is 0 Å². The van der Waals surface area contributed by atoms with Crippen LogP contribution in [0.1, 0.15) is 155 Å². The third-order valence-corrected chi connectivity index (χ3v) is 7.21. The number of hydrogen-bond donors (Lipinski definition) is 1. The SMILES string of the molecule is CC/C=C\C/C=C\C/C=C\C/C=C\C/C=C\C/C=C\CCC(=O)OC(CCCCCC)CCCCCCCCCC(=O)O. The van der Waals surface area contributed by atoms with E-state index in [2.05, 4.69) is 86.8 Å². The van der Waals surface area contributed by atoms with Gasteiger partial charge in [0.05, 0.1) is 0 Å². The van der Waals surface area contributed by atoms with E-state index in [0.29, 0.717) is 6.42 Å². The van der Waals surface area contributed by atoms with Gasteiger partial charge in [-0.25, -0.2) is 0 Å². The van der Waals surface area contributed by atoms with Gasteiger partial charge in [0.15, 0.2) is 0 Å². The molecule has 0 aromatic heterocycles. The zero-order valence-corrected chi connectivity index (χ0v) is 27.7. The first kappa shape index (κ1) is 40.4. The van der Waals surface area contributed by atoms with Crippen molar-refractivity contribution in [2.75, 3.05) is 0 Å². The maximum absolute atomic E-state index is 12.5. The van der Waals surface area contributed by atoms with Crippen LogP contribution >= 0.6 is 0 Å². The van der Waals surface area contributed by atoms with E-state index < -0.39 is 5.97 Å². The fourth-order valence-corrected chi connectivity index (χ4v) is 4.68. The molecule has 0 rings (SSSR count). The van der Waals surface area contributed by atoms with Crippen LogP contribution in [0.3, 0.4) is 0 Å². The van der Waals surface area contributed by atoms with E-state index in [0.717, 1.165) is 103 Å². The fourth-order valence-electron chi connectivity index (χ4n) is 4.68. The Hall–Kier alpha value is -2.62. The number of ether oxygens (including phenoxy) is 1. The molecule has 0 saturated heterocycles. The van der Waals surface area contributed by atoms with Crippen LogP contribution in [0.4, 0.5) is 0 Å². The highest BCUT2D eigenvalue weighted by molar-refractivity contribution is 5.69. The third kappa shape index (κ3) is 33.7. The minimum absolute atomic E-state index is 0.0465. The lowest BCUT2D eigenvalue weighted by molar-refractivity contribution is -0.149. The van der Waals surface area contributed by atoms with Crippen LogP contribution in [-0.4, -0.2) is 23.1 Å². The van der Waals surface area contributed by atoms with E-state index in [-0.39, 0.29) is 18.5 Å². The minimum atomic E-state index is -0.697. The number of carbonyl (C=O) groups excluding carboxylic acids is 1. The number of carboxylic acids is 1. The first-order chi connectivity index (χ1) is 21.1. The maximum atomic E-state index is 12.5. The lowest BCUT2D eigenvalue weighted by Gasteiger charge is -2.18. The molecule has 0 aliphatic heterocycles. The van der Waals surface area contributed by atoms with Crippen LogP contribution in [0.25, 0.3) is 0 Å². The molecule has 0 heterocycles. The van der Waals surface area contributed by atoms with Gasteiger partial charge in [-0.1, -0.05) is 138 Å². The summed E-state index contributed by atoms with van der Waals surface area (Å²) >= 11 is 0. The van der Waals surface area contributed by atoms with Crippen molar-refractivity contribution in [3.63, 3.8) is 0 Å². The van der Waals surface area contributed by atoms with E-state index in [1.807, 2.05) is 0 Å². The molecule has 1 unspecified atom stereocenters. The standard InChI is InChI=1S/C39H64O4/c1-3-5-7-9-10-11-12-13-14-15-16-17-18-19-20-21-25-28-32-36-39(42)43-37(33-29-8-6-4-2)34-30-26-23-22-24-27-31-35-38(40)41/h5,7,10-11,13-14,16-17,19-20,25,28,37H,3-4,6,8-9,12,15,18,21-24,26-27,29-36H2,1-2H3,(H,40,41)/b7-5-,11-10-,14-13-,17-16-,20-19-,28-25-. The summed E-state index contributed by atoms with van der Waals surface area (Å²) in [6, 6.07) is 0. The normalized spacial score (nSPS) is 13.2. The van der Waals surface area contributed by atoms with E-state index in [1.165, 1.54) is 25.7 Å². The smallest absolute Gasteiger partial charge is 0.306 e. The van der Waals surface area contributed by atoms with Gasteiger partial charge in [-0.05, 0) is 77.0 Å². The molecule has 0 spiro atoms. The Labute approximate surface area is 265 Å². The molecule has 0 aromatic rings. The van der Waals surface area contributed by atoms with Crippen LogP contribution < -0.4 is 0 Å². The topological polar surface area (TPSA) is 63.6 Å². The third-order valence-electron chi connectivity index (χ3n) is 7.21. The van der Waals surface area contributed by atoms with Crippen LogP contribution in [0.15, 0.2) is 72.9 Å². The van der Waals surface area contributed by atoms with Crippen molar-refractivity contribution in [3.8, 4) is 0 Å². The maximum Gasteiger partial charge on any atom is 0.306 e. The van der Waals surface area contributed by atoms with Gasteiger partial charge in [-0.2, -0.15) is 0 Å². The average molecular weight is 597 g/mol. The fraction of sp³-hybridized carbons (Fsp3) is 0.641. The molecule has 0 amide bonds. The van der Waals surface area contributed by atoms with Crippen molar-refractivity contribution >= 4 is 11.9 Å². The first-order valence-corrected chi connectivity index (χ1v) is 17.4. The number of allylic oxidation sites excluding steroid dienone is 12. The number of esters is 1. The second-order valence-corrected chi connectivity index (χ2v) is 11.3. The van der Waals surface area contributed by atoms with Crippen LogP contribution in [0.5, 0.6) is 0 Å². The van der Waals surface area contributed by atoms with Crippen LogP contribution in [0.2, 0.25) is 0 Å². The molecule has 43 heavy (non-hydrogen) atoms. The lowest BCUT2D eigenvalue weighted by atomic mass is 10.0. The van der Waals surface area contributed by atoms with E-state index in [1.54, 1.807) is 0 Å². The van der Waals surface area contributed by atoms with Gasteiger partial charge in [0.2, 0.25) is 0 Å². The molecule has 0 radical (unpaired) electrons. The van der Waals surface area contributed by atoms with E-state index in [9.17, 15) is 9.59 Å². The van der Waals surface area contributed by atoms with Gasteiger partial charge >= 0.3 is 11.9 Å². The molecular weight excluding hydrogens is 532 g/mol. The summed E-state index contributed by atoms with van der Waals surface area (Å²) in [5.41, 5.74) is 0. The van der Waals surface area contributed by atoms with Gasteiger partial charge in [0.1, 0.15) is 6.10 Å². The Morgan fingerprint density at radius 3 is 1.42 bits per heavy atom. The van der Waals surface area contributed by atoms with Gasteiger partial charge < -0.3 is 9.84 Å². The van der Waals surface area contributed by atoms with E-state index >= 15 is 0 Å². The van der Waals surface area contributed by atoms with Crippen molar-refractivity contribution < 1.29 is 19.4 Å². The largest absolute Gasteiger partial charge is 0.481 e. The van der Waals surface area contributed by atoms with Crippen molar-refractivity contribution in [2.24, 2.45) is 0 Å². The average Bonchev–Trinajstić information content (AvgIpc) is 2.99. The second-order valence-electron chi connectivity index (χ2n) is 11.3. The molecule has 0 aromatic carbocycles. The molecule has 0 aliphatic carbocycles. The molecule has 0 fully saturated rings. The highest BCUT2D eigenvalue weighted by Crippen LogP contribution is 2.17. The van der Waals surface area contributed by atoms with Gasteiger partial charge in [0.25, 0.3) is 0 Å². The second kappa shape index (κ2) is 33.9. The summed E-state index contributed by atoms with van der Waals surface area (Å²) < 4.78 is 5.89. The summed E-state index contributed by atoms with van der Waals surface area (Å²) in [4.78, 5) is 23.1. The molecule has 0 aliphatic rings. The van der Waals surface area contributed by atoms with Gasteiger partial charge in [-0.15, -0.1) is 0 Å². The van der Waals surface area contributed by atoms with Crippen molar-refractivity contribution in [2.45, 2.75) is 161 Å². The molecule has 4 heteroatoms. The molecule has 1 atom stereocenters. The summed E-state index contributed by atoms with van der Waals surface area (Å²) in [7, 11) is 0. The molecule has 0 bridgehead atoms. The number of rotatable bonds is 30. The van der Waals surface area contributed by atoms with Gasteiger partial charge in [0, 0.05) is 12.8 Å². The minimum Gasteiger partial charge on any atom is -0.481 e. The number of aliphatic carboxylic acids is 1. The monoisotopic (exact) mass is 596 g/mol.